The van der Waals surface area contributed by atoms with E-state index < -0.39 is 5.82 Å². The highest BCUT2D eigenvalue weighted by Gasteiger charge is 2.29. The lowest BCUT2D eigenvalue weighted by atomic mass is 9.90. The molecule has 2 amide bonds. The van der Waals surface area contributed by atoms with Crippen LogP contribution in [0.2, 0.25) is 5.02 Å². The van der Waals surface area contributed by atoms with Gasteiger partial charge in [-0.3, -0.25) is 9.59 Å². The van der Waals surface area contributed by atoms with E-state index in [0.717, 1.165) is 37.2 Å². The molecule has 10 heteroatoms. The Bertz CT molecular complexity index is 1200. The van der Waals surface area contributed by atoms with Gasteiger partial charge in [-0.2, -0.15) is 0 Å². The summed E-state index contributed by atoms with van der Waals surface area (Å²) in [4.78, 5) is 28.2. The predicted molar refractivity (Wildman–Crippen MR) is 131 cm³/mol. The van der Waals surface area contributed by atoms with Gasteiger partial charge in [-0.05, 0) is 86.1 Å². The molecule has 0 spiro atoms. The number of hydrogen-bond acceptors (Lipinski definition) is 6. The van der Waals surface area contributed by atoms with Crippen molar-refractivity contribution in [2.45, 2.75) is 51.2 Å². The lowest BCUT2D eigenvalue weighted by Gasteiger charge is -2.36. The van der Waals surface area contributed by atoms with Crippen LogP contribution in [0.1, 0.15) is 57.0 Å². The quantitative estimate of drug-likeness (QED) is 0.505. The zero-order chi connectivity index (χ0) is 24.2. The summed E-state index contributed by atoms with van der Waals surface area (Å²) in [7, 11) is 0. The number of anilines is 1. The van der Waals surface area contributed by atoms with Crippen molar-refractivity contribution in [1.29, 1.82) is 0 Å². The summed E-state index contributed by atoms with van der Waals surface area (Å²) in [6.45, 7) is 1.94. The SMILES string of the molecule is Cc1nnsc1C(=O)Nc1ccc(Cl)c(CN(C(=O)c2cccc(F)c2)C2CCC(N)CC2)c1. The van der Waals surface area contributed by atoms with E-state index in [4.69, 9.17) is 17.3 Å². The summed E-state index contributed by atoms with van der Waals surface area (Å²) in [5, 5.41) is 7.18. The van der Waals surface area contributed by atoms with Crippen molar-refractivity contribution in [3.63, 3.8) is 0 Å². The average Bonchev–Trinajstić information content (AvgIpc) is 3.25. The maximum atomic E-state index is 13.8. The number of hydrogen-bond donors (Lipinski definition) is 2. The normalized spacial score (nSPS) is 17.9. The molecule has 3 N–H and O–H groups in total. The van der Waals surface area contributed by atoms with Gasteiger partial charge in [0.2, 0.25) is 0 Å². The molecule has 2 aromatic carbocycles. The minimum absolute atomic E-state index is 0.0456. The summed E-state index contributed by atoms with van der Waals surface area (Å²) in [6, 6.07) is 10.9. The van der Waals surface area contributed by atoms with E-state index in [0.29, 0.717) is 26.8 Å². The van der Waals surface area contributed by atoms with E-state index in [9.17, 15) is 14.0 Å². The molecule has 0 atom stereocenters. The number of benzene rings is 2. The van der Waals surface area contributed by atoms with Crippen LogP contribution in [0, 0.1) is 12.7 Å². The van der Waals surface area contributed by atoms with Crippen LogP contribution in [0.3, 0.4) is 0 Å². The Kier molecular flexibility index (Phi) is 7.55. The predicted octanol–water partition coefficient (Wildman–Crippen LogP) is 4.80. The highest BCUT2D eigenvalue weighted by Crippen LogP contribution is 2.29. The third-order valence-electron chi connectivity index (χ3n) is 6.02. The molecule has 0 saturated heterocycles. The number of nitrogens with two attached hydrogens (primary N) is 1. The standard InChI is InChI=1S/C24H25ClFN5O2S/c1-14-22(34-30-29-14)23(32)28-19-7-10-21(25)16(12-19)13-31(20-8-5-18(27)6-9-20)24(33)15-3-2-4-17(26)11-15/h2-4,7,10-12,18,20H,5-6,8-9,13,27H2,1H3,(H,28,32). The number of nitrogens with zero attached hydrogens (tertiary/aromatic N) is 3. The highest BCUT2D eigenvalue weighted by atomic mass is 35.5. The molecular weight excluding hydrogens is 477 g/mol. The maximum absolute atomic E-state index is 13.8. The third kappa shape index (κ3) is 5.60. The van der Waals surface area contributed by atoms with Crippen LogP contribution in [-0.2, 0) is 6.54 Å². The number of halogens is 2. The summed E-state index contributed by atoms with van der Waals surface area (Å²) in [5.41, 5.74) is 8.13. The van der Waals surface area contributed by atoms with Crippen LogP contribution in [0.5, 0.6) is 0 Å². The van der Waals surface area contributed by atoms with E-state index in [1.807, 2.05) is 0 Å². The Morgan fingerprint density at radius 2 is 1.97 bits per heavy atom. The topological polar surface area (TPSA) is 101 Å². The zero-order valence-electron chi connectivity index (χ0n) is 18.6. The smallest absolute Gasteiger partial charge is 0.269 e. The van der Waals surface area contributed by atoms with Gasteiger partial charge in [0.05, 0.1) is 5.69 Å². The second kappa shape index (κ2) is 10.6. The lowest BCUT2D eigenvalue weighted by molar-refractivity contribution is 0.0606. The summed E-state index contributed by atoms with van der Waals surface area (Å²) < 4.78 is 17.6. The fourth-order valence-corrected chi connectivity index (χ4v) is 4.88. The molecule has 1 aliphatic rings. The Hall–Kier alpha value is -2.88. The Morgan fingerprint density at radius 3 is 2.65 bits per heavy atom. The number of rotatable bonds is 6. The molecule has 1 saturated carbocycles. The average molecular weight is 502 g/mol. The molecule has 1 fully saturated rings. The summed E-state index contributed by atoms with van der Waals surface area (Å²) in [6.07, 6.45) is 3.13. The fraction of sp³-hybridized carbons (Fsp3) is 0.333. The molecule has 178 valence electrons. The van der Waals surface area contributed by atoms with Crippen LogP contribution in [0.15, 0.2) is 42.5 Å². The minimum Gasteiger partial charge on any atom is -0.331 e. The summed E-state index contributed by atoms with van der Waals surface area (Å²) in [5.74, 6) is -1.04. The van der Waals surface area contributed by atoms with Crippen molar-refractivity contribution >= 4 is 40.6 Å². The molecule has 0 radical (unpaired) electrons. The van der Waals surface area contributed by atoms with Crippen molar-refractivity contribution in [2.24, 2.45) is 5.73 Å². The van der Waals surface area contributed by atoms with E-state index in [1.165, 1.54) is 18.2 Å². The number of amides is 2. The maximum Gasteiger partial charge on any atom is 0.269 e. The van der Waals surface area contributed by atoms with Crippen molar-refractivity contribution in [3.8, 4) is 0 Å². The van der Waals surface area contributed by atoms with E-state index in [2.05, 4.69) is 14.9 Å². The molecule has 1 aromatic heterocycles. The van der Waals surface area contributed by atoms with Gasteiger partial charge < -0.3 is 16.0 Å². The van der Waals surface area contributed by atoms with Gasteiger partial charge in [0.15, 0.2) is 0 Å². The van der Waals surface area contributed by atoms with E-state index in [-0.39, 0.29) is 36.0 Å². The number of aryl methyl sites for hydroxylation is 1. The number of nitrogens with one attached hydrogen (secondary N) is 1. The summed E-state index contributed by atoms with van der Waals surface area (Å²) >= 11 is 7.51. The van der Waals surface area contributed by atoms with Crippen LogP contribution in [-0.4, -0.2) is 38.4 Å². The Balaban J connectivity index is 1.60. The molecule has 1 aliphatic carbocycles. The first-order chi connectivity index (χ1) is 16.3. The first-order valence-electron chi connectivity index (χ1n) is 11.0. The van der Waals surface area contributed by atoms with Gasteiger partial charge >= 0.3 is 0 Å². The van der Waals surface area contributed by atoms with Crippen LogP contribution >= 0.6 is 23.1 Å². The minimum atomic E-state index is -0.466. The van der Waals surface area contributed by atoms with Crippen molar-refractivity contribution < 1.29 is 14.0 Å². The first-order valence-corrected chi connectivity index (χ1v) is 12.2. The van der Waals surface area contributed by atoms with Crippen LogP contribution < -0.4 is 11.1 Å². The fourth-order valence-electron chi connectivity index (χ4n) is 4.15. The van der Waals surface area contributed by atoms with Crippen molar-refractivity contribution in [2.75, 3.05) is 5.32 Å². The van der Waals surface area contributed by atoms with Gasteiger partial charge in [0, 0.05) is 34.9 Å². The lowest BCUT2D eigenvalue weighted by Crippen LogP contribution is -2.44. The molecule has 3 aromatic rings. The van der Waals surface area contributed by atoms with Crippen molar-refractivity contribution in [3.05, 3.63) is 75.0 Å². The van der Waals surface area contributed by atoms with Gasteiger partial charge in [0.1, 0.15) is 10.7 Å². The molecule has 0 bridgehead atoms. The molecule has 1 heterocycles. The number of aromatic nitrogens is 2. The van der Waals surface area contributed by atoms with Crippen molar-refractivity contribution in [1.82, 2.24) is 14.5 Å². The van der Waals surface area contributed by atoms with Crippen LogP contribution in [0.25, 0.3) is 0 Å². The molecule has 4 rings (SSSR count). The second-order valence-electron chi connectivity index (χ2n) is 8.46. The Morgan fingerprint density at radius 1 is 1.21 bits per heavy atom. The Labute approximate surface area is 206 Å². The molecule has 7 nitrogen and oxygen atoms in total. The number of carbonyl (C=O) groups excluding carboxylic acids is 2. The molecule has 34 heavy (non-hydrogen) atoms. The van der Waals surface area contributed by atoms with E-state index >= 15 is 0 Å². The number of carbonyl (C=O) groups is 2. The van der Waals surface area contributed by atoms with E-state index in [1.54, 1.807) is 36.1 Å². The second-order valence-corrected chi connectivity index (χ2v) is 9.62. The zero-order valence-corrected chi connectivity index (χ0v) is 20.2. The first kappa shape index (κ1) is 24.3. The molecule has 0 unspecified atom stereocenters. The van der Waals surface area contributed by atoms with Crippen LogP contribution in [0.4, 0.5) is 10.1 Å². The van der Waals surface area contributed by atoms with Gasteiger partial charge in [0.25, 0.3) is 11.8 Å². The van der Waals surface area contributed by atoms with Gasteiger partial charge in [-0.1, -0.05) is 22.2 Å². The monoisotopic (exact) mass is 501 g/mol. The highest BCUT2D eigenvalue weighted by molar-refractivity contribution is 7.08. The van der Waals surface area contributed by atoms with Gasteiger partial charge in [-0.15, -0.1) is 5.10 Å². The molecule has 0 aliphatic heterocycles. The van der Waals surface area contributed by atoms with Gasteiger partial charge in [-0.25, -0.2) is 4.39 Å². The third-order valence-corrected chi connectivity index (χ3v) is 7.21. The molecular formula is C24H25ClFN5O2S. The largest absolute Gasteiger partial charge is 0.331 e.